The Morgan fingerprint density at radius 1 is 1.29 bits per heavy atom. The first-order chi connectivity index (χ1) is 11.6. The van der Waals surface area contributed by atoms with E-state index in [2.05, 4.69) is 22.4 Å². The van der Waals surface area contributed by atoms with Crippen molar-refractivity contribution in [3.8, 4) is 11.3 Å². The molecule has 0 radical (unpaired) electrons. The molecule has 0 aliphatic rings. The Morgan fingerprint density at radius 2 is 2.04 bits per heavy atom. The minimum absolute atomic E-state index is 0.189. The van der Waals surface area contributed by atoms with Crippen molar-refractivity contribution in [2.45, 2.75) is 26.7 Å². The zero-order valence-corrected chi connectivity index (χ0v) is 13.6. The van der Waals surface area contributed by atoms with Gasteiger partial charge in [-0.1, -0.05) is 18.5 Å². The molecule has 3 rings (SSSR count). The van der Waals surface area contributed by atoms with E-state index in [4.69, 9.17) is 4.52 Å². The van der Waals surface area contributed by atoms with Crippen LogP contribution in [0.3, 0.4) is 0 Å². The van der Waals surface area contributed by atoms with E-state index >= 15 is 0 Å². The number of carbonyl (C=O) groups excluding carboxylic acids is 1. The van der Waals surface area contributed by atoms with E-state index in [9.17, 15) is 9.18 Å². The fraction of sp³-hybridized carbons (Fsp3) is 0.278. The number of pyridine rings is 1. The molecule has 3 aromatic rings. The van der Waals surface area contributed by atoms with E-state index in [1.165, 1.54) is 12.1 Å². The molecule has 5 nitrogen and oxygen atoms in total. The average molecular weight is 327 g/mol. The Bertz CT molecular complexity index is 872. The van der Waals surface area contributed by atoms with Gasteiger partial charge in [0.05, 0.1) is 22.3 Å². The number of hydrogen-bond donors (Lipinski definition) is 1. The van der Waals surface area contributed by atoms with Crippen molar-refractivity contribution in [2.75, 3.05) is 6.54 Å². The summed E-state index contributed by atoms with van der Waals surface area (Å²) < 4.78 is 18.4. The number of amides is 1. The summed E-state index contributed by atoms with van der Waals surface area (Å²) in [5.41, 5.74) is 2.63. The summed E-state index contributed by atoms with van der Waals surface area (Å²) in [5, 5.41) is 7.41. The van der Waals surface area contributed by atoms with Gasteiger partial charge in [-0.2, -0.15) is 0 Å². The van der Waals surface area contributed by atoms with E-state index in [0.29, 0.717) is 40.2 Å². The van der Waals surface area contributed by atoms with Crippen molar-refractivity contribution in [1.29, 1.82) is 0 Å². The van der Waals surface area contributed by atoms with Crippen LogP contribution in [0, 0.1) is 12.7 Å². The van der Waals surface area contributed by atoms with Crippen LogP contribution in [0.5, 0.6) is 0 Å². The molecule has 1 aromatic carbocycles. The zero-order chi connectivity index (χ0) is 17.1. The van der Waals surface area contributed by atoms with Crippen molar-refractivity contribution in [1.82, 2.24) is 15.5 Å². The maximum absolute atomic E-state index is 13.1. The second-order valence-corrected chi connectivity index (χ2v) is 5.62. The third kappa shape index (κ3) is 3.13. The smallest absolute Gasteiger partial charge is 0.259 e. The molecule has 6 heteroatoms. The SMILES string of the molecule is CCCCNC(=O)c1cc(-c2ccc(F)cc2)nc2onc(C)c12. The van der Waals surface area contributed by atoms with Gasteiger partial charge in [0, 0.05) is 12.1 Å². The van der Waals surface area contributed by atoms with Gasteiger partial charge in [-0.15, -0.1) is 0 Å². The molecule has 124 valence electrons. The molecule has 0 bridgehead atoms. The first-order valence-electron chi connectivity index (χ1n) is 7.91. The Balaban J connectivity index is 2.06. The minimum Gasteiger partial charge on any atom is -0.352 e. The van der Waals surface area contributed by atoms with Crippen molar-refractivity contribution in [2.24, 2.45) is 0 Å². The summed E-state index contributed by atoms with van der Waals surface area (Å²) in [6.07, 6.45) is 1.91. The molecule has 2 heterocycles. The Labute approximate surface area is 138 Å². The highest BCUT2D eigenvalue weighted by Crippen LogP contribution is 2.27. The number of aromatic nitrogens is 2. The molecule has 0 aliphatic carbocycles. The predicted octanol–water partition coefficient (Wildman–Crippen LogP) is 3.87. The molecule has 0 aliphatic heterocycles. The lowest BCUT2D eigenvalue weighted by Gasteiger charge is -2.08. The Kier molecular flexibility index (Phi) is 4.55. The molecule has 0 unspecified atom stereocenters. The van der Waals surface area contributed by atoms with Crippen LogP contribution in [0.25, 0.3) is 22.4 Å². The van der Waals surface area contributed by atoms with Gasteiger partial charge >= 0.3 is 0 Å². The fourth-order valence-electron chi connectivity index (χ4n) is 2.52. The molecule has 0 spiro atoms. The van der Waals surface area contributed by atoms with Crippen LogP contribution >= 0.6 is 0 Å². The van der Waals surface area contributed by atoms with Crippen LogP contribution < -0.4 is 5.32 Å². The lowest BCUT2D eigenvalue weighted by Crippen LogP contribution is -2.24. The molecule has 0 saturated heterocycles. The van der Waals surface area contributed by atoms with E-state index in [-0.39, 0.29) is 11.7 Å². The van der Waals surface area contributed by atoms with Crippen LogP contribution in [0.1, 0.15) is 35.8 Å². The van der Waals surface area contributed by atoms with Gasteiger partial charge in [-0.25, -0.2) is 9.37 Å². The first kappa shape index (κ1) is 16.1. The standard InChI is InChI=1S/C18H18FN3O2/c1-3-4-9-20-17(23)14-10-15(12-5-7-13(19)8-6-12)21-18-16(14)11(2)22-24-18/h5-8,10H,3-4,9H2,1-2H3,(H,20,23). The van der Waals surface area contributed by atoms with Gasteiger partial charge in [0.25, 0.3) is 11.6 Å². The molecular weight excluding hydrogens is 309 g/mol. The highest BCUT2D eigenvalue weighted by molar-refractivity contribution is 6.06. The number of carbonyl (C=O) groups is 1. The summed E-state index contributed by atoms with van der Waals surface area (Å²) in [4.78, 5) is 17.0. The van der Waals surface area contributed by atoms with Crippen molar-refractivity contribution in [3.63, 3.8) is 0 Å². The minimum atomic E-state index is -0.326. The summed E-state index contributed by atoms with van der Waals surface area (Å²) in [6.45, 7) is 4.44. The van der Waals surface area contributed by atoms with Gasteiger partial charge in [-0.3, -0.25) is 4.79 Å². The lowest BCUT2D eigenvalue weighted by molar-refractivity contribution is 0.0954. The second kappa shape index (κ2) is 6.78. The molecule has 1 amide bonds. The second-order valence-electron chi connectivity index (χ2n) is 5.62. The van der Waals surface area contributed by atoms with E-state index in [1.807, 2.05) is 0 Å². The van der Waals surface area contributed by atoms with Gasteiger partial charge in [-0.05, 0) is 43.7 Å². The monoisotopic (exact) mass is 327 g/mol. The highest BCUT2D eigenvalue weighted by Gasteiger charge is 2.19. The molecule has 0 saturated carbocycles. The van der Waals surface area contributed by atoms with Gasteiger partial charge < -0.3 is 9.84 Å². The lowest BCUT2D eigenvalue weighted by atomic mass is 10.0. The number of hydrogen-bond acceptors (Lipinski definition) is 4. The normalized spacial score (nSPS) is 11.0. The van der Waals surface area contributed by atoms with Gasteiger partial charge in [0.15, 0.2) is 0 Å². The molecule has 24 heavy (non-hydrogen) atoms. The van der Waals surface area contributed by atoms with E-state index < -0.39 is 0 Å². The van der Waals surface area contributed by atoms with Crippen molar-refractivity contribution >= 4 is 17.0 Å². The van der Waals surface area contributed by atoms with E-state index in [1.54, 1.807) is 25.1 Å². The zero-order valence-electron chi connectivity index (χ0n) is 13.6. The van der Waals surface area contributed by atoms with Crippen LogP contribution in [-0.2, 0) is 0 Å². The molecule has 1 N–H and O–H groups in total. The first-order valence-corrected chi connectivity index (χ1v) is 7.91. The molecular formula is C18H18FN3O2. The largest absolute Gasteiger partial charge is 0.352 e. The van der Waals surface area contributed by atoms with Crippen molar-refractivity contribution in [3.05, 3.63) is 47.4 Å². The van der Waals surface area contributed by atoms with Crippen LogP contribution in [0.4, 0.5) is 4.39 Å². The highest BCUT2D eigenvalue weighted by atomic mass is 19.1. The Morgan fingerprint density at radius 3 is 2.75 bits per heavy atom. The summed E-state index contributed by atoms with van der Waals surface area (Å²) in [5.74, 6) is -0.515. The van der Waals surface area contributed by atoms with E-state index in [0.717, 1.165) is 12.8 Å². The summed E-state index contributed by atoms with van der Waals surface area (Å²) in [6, 6.07) is 7.64. The number of nitrogens with zero attached hydrogens (tertiary/aromatic N) is 2. The fourth-order valence-corrected chi connectivity index (χ4v) is 2.52. The van der Waals surface area contributed by atoms with Crippen molar-refractivity contribution < 1.29 is 13.7 Å². The maximum Gasteiger partial charge on any atom is 0.259 e. The van der Waals surface area contributed by atoms with Crippen LogP contribution in [0.15, 0.2) is 34.9 Å². The van der Waals surface area contributed by atoms with Crippen LogP contribution in [0.2, 0.25) is 0 Å². The topological polar surface area (TPSA) is 68.0 Å². The number of halogens is 1. The van der Waals surface area contributed by atoms with Gasteiger partial charge in [0.2, 0.25) is 0 Å². The number of unbranched alkanes of at least 4 members (excludes halogenated alkanes) is 1. The molecule has 2 aromatic heterocycles. The number of rotatable bonds is 5. The Hall–Kier alpha value is -2.76. The summed E-state index contributed by atoms with van der Waals surface area (Å²) >= 11 is 0. The molecule has 0 fully saturated rings. The number of fused-ring (bicyclic) bond motifs is 1. The summed E-state index contributed by atoms with van der Waals surface area (Å²) in [7, 11) is 0. The third-order valence-electron chi connectivity index (χ3n) is 3.82. The maximum atomic E-state index is 13.1. The van der Waals surface area contributed by atoms with Gasteiger partial charge in [0.1, 0.15) is 5.82 Å². The number of aryl methyl sites for hydroxylation is 1. The third-order valence-corrected chi connectivity index (χ3v) is 3.82. The predicted molar refractivity (Wildman–Crippen MR) is 89.2 cm³/mol. The average Bonchev–Trinajstić information content (AvgIpc) is 2.96. The molecule has 0 atom stereocenters. The number of benzene rings is 1. The number of nitrogens with one attached hydrogen (secondary N) is 1. The van der Waals surface area contributed by atoms with Crippen LogP contribution in [-0.4, -0.2) is 22.6 Å². The quantitative estimate of drug-likeness (QED) is 0.722.